The fraction of sp³-hybridized carbons (Fsp3) is 0.538. The van der Waals surface area contributed by atoms with Crippen LogP contribution in [0.1, 0.15) is 0 Å². The van der Waals surface area contributed by atoms with Gasteiger partial charge in [0.1, 0.15) is 18.5 Å². The van der Waals surface area contributed by atoms with E-state index < -0.39 is 6.10 Å². The molecule has 0 fully saturated rings. The minimum Gasteiger partial charge on any atom is -0.394 e. The van der Waals surface area contributed by atoms with Gasteiger partial charge in [0.05, 0.1) is 26.4 Å². The van der Waals surface area contributed by atoms with Crippen molar-refractivity contribution in [2.45, 2.75) is 12.6 Å². The molecule has 0 spiro atoms. The molecule has 120 valence electrons. The molecule has 9 heteroatoms. The Labute approximate surface area is 127 Å². The molecule has 9 nitrogen and oxygen atoms in total. The Morgan fingerprint density at radius 3 is 2.77 bits per heavy atom. The second-order valence-electron chi connectivity index (χ2n) is 4.90. The van der Waals surface area contributed by atoms with Crippen LogP contribution in [-0.4, -0.2) is 59.5 Å². The van der Waals surface area contributed by atoms with Crippen LogP contribution in [0.2, 0.25) is 0 Å². The number of terminal acetylenes is 1. The van der Waals surface area contributed by atoms with Crippen LogP contribution in [-0.2, 0) is 11.3 Å². The third-order valence-corrected chi connectivity index (χ3v) is 3.34. The molecule has 0 unspecified atom stereocenters. The smallest absolute Gasteiger partial charge is 0.281 e. The number of aromatic nitrogens is 2. The second kappa shape index (κ2) is 6.65. The molecule has 1 aliphatic heterocycles. The summed E-state index contributed by atoms with van der Waals surface area (Å²) in [6.07, 6.45) is 4.55. The minimum absolute atomic E-state index is 0.0304. The van der Waals surface area contributed by atoms with Gasteiger partial charge in [0.25, 0.3) is 5.56 Å². The Kier molecular flexibility index (Phi) is 4.87. The normalized spacial score (nSPS) is 13.6. The average molecular weight is 309 g/mol. The predicted molar refractivity (Wildman–Crippen MR) is 81.4 cm³/mol. The zero-order chi connectivity index (χ0) is 16.3. The molecule has 22 heavy (non-hydrogen) atoms. The molecule has 0 saturated heterocycles. The molecule has 1 aromatic rings. The van der Waals surface area contributed by atoms with Crippen molar-refractivity contribution in [1.29, 1.82) is 0 Å². The maximum absolute atomic E-state index is 12.4. The second-order valence-corrected chi connectivity index (χ2v) is 4.90. The summed E-state index contributed by atoms with van der Waals surface area (Å²) in [7, 11) is 1.74. The molecule has 0 amide bonds. The lowest BCUT2D eigenvalue weighted by molar-refractivity contribution is -0.0188. The van der Waals surface area contributed by atoms with Gasteiger partial charge in [-0.25, -0.2) is 0 Å². The number of hydrogen-bond donors (Lipinski definition) is 3. The quantitative estimate of drug-likeness (QED) is 0.517. The molecular weight excluding hydrogens is 290 g/mol. The van der Waals surface area contributed by atoms with E-state index in [4.69, 9.17) is 27.1 Å². The van der Waals surface area contributed by atoms with Gasteiger partial charge in [0.2, 0.25) is 5.95 Å². The number of rotatable bonds is 6. The molecule has 1 aromatic heterocycles. The number of nitrogens with two attached hydrogens (primary N) is 1. The number of fused-ring (bicyclic) bond motifs is 1. The van der Waals surface area contributed by atoms with Crippen molar-refractivity contribution in [1.82, 2.24) is 9.55 Å². The lowest BCUT2D eigenvalue weighted by Gasteiger charge is -2.21. The summed E-state index contributed by atoms with van der Waals surface area (Å²) in [4.78, 5) is 20.1. The van der Waals surface area contributed by atoms with Gasteiger partial charge in [-0.1, -0.05) is 5.92 Å². The molecule has 1 aliphatic rings. The van der Waals surface area contributed by atoms with E-state index in [-0.39, 0.29) is 38.0 Å². The Morgan fingerprint density at radius 2 is 2.18 bits per heavy atom. The topological polar surface area (TPSA) is 117 Å². The number of hydrogen-bond acceptors (Lipinski definition) is 8. The number of anilines is 3. The summed E-state index contributed by atoms with van der Waals surface area (Å²) in [5.41, 5.74) is 5.86. The van der Waals surface area contributed by atoms with Crippen molar-refractivity contribution in [3.63, 3.8) is 0 Å². The Balaban J connectivity index is 2.30. The summed E-state index contributed by atoms with van der Waals surface area (Å²) in [6.45, 7) is -0.111. The van der Waals surface area contributed by atoms with Gasteiger partial charge < -0.3 is 30.5 Å². The molecule has 0 radical (unpaired) electrons. The highest BCUT2D eigenvalue weighted by Crippen LogP contribution is 2.30. The number of nitrogen functional groups attached to an aromatic ring is 1. The minimum atomic E-state index is -0.687. The molecule has 2 heterocycles. The summed E-state index contributed by atoms with van der Waals surface area (Å²) < 4.78 is 6.59. The van der Waals surface area contributed by atoms with E-state index in [1.807, 2.05) is 0 Å². The lowest BCUT2D eigenvalue weighted by atomic mass is 10.4. The van der Waals surface area contributed by atoms with Crippen LogP contribution < -0.4 is 21.1 Å². The molecule has 0 aromatic carbocycles. The highest BCUT2D eigenvalue weighted by Gasteiger charge is 2.30. The highest BCUT2D eigenvalue weighted by molar-refractivity contribution is 5.72. The molecule has 0 aliphatic carbocycles. The number of ether oxygens (including phenoxy) is 1. The maximum atomic E-state index is 12.4. The molecular formula is C13H19N5O4. The van der Waals surface area contributed by atoms with Crippen molar-refractivity contribution in [2.24, 2.45) is 0 Å². The molecule has 0 saturated carbocycles. The third kappa shape index (κ3) is 2.85. The van der Waals surface area contributed by atoms with Crippen LogP contribution >= 0.6 is 0 Å². The van der Waals surface area contributed by atoms with E-state index in [0.717, 1.165) is 0 Å². The molecule has 0 atom stereocenters. The first-order chi connectivity index (χ1) is 10.5. The summed E-state index contributed by atoms with van der Waals surface area (Å²) in [5.74, 6) is 2.80. The van der Waals surface area contributed by atoms with Crippen molar-refractivity contribution >= 4 is 17.5 Å². The van der Waals surface area contributed by atoms with E-state index in [1.54, 1.807) is 16.8 Å². The van der Waals surface area contributed by atoms with Crippen LogP contribution in [0.3, 0.4) is 0 Å². The molecule has 0 bridgehead atoms. The Hall–Kier alpha value is -2.28. The maximum Gasteiger partial charge on any atom is 0.281 e. The zero-order valence-electron chi connectivity index (χ0n) is 12.3. The van der Waals surface area contributed by atoms with E-state index in [2.05, 4.69) is 10.9 Å². The van der Waals surface area contributed by atoms with Gasteiger partial charge in [-0.3, -0.25) is 9.36 Å². The SMILES string of the molecule is C#CCn1c(N)nc2c(c1=O)N(C)CN2COC(CO)CO. The van der Waals surface area contributed by atoms with Crippen LogP contribution in [0, 0.1) is 12.3 Å². The largest absolute Gasteiger partial charge is 0.394 e. The fourth-order valence-corrected chi connectivity index (χ4v) is 2.20. The first-order valence-electron chi connectivity index (χ1n) is 6.66. The van der Waals surface area contributed by atoms with Crippen molar-refractivity contribution in [3.05, 3.63) is 10.4 Å². The lowest BCUT2D eigenvalue weighted by Crippen LogP contribution is -2.34. The zero-order valence-corrected chi connectivity index (χ0v) is 12.3. The van der Waals surface area contributed by atoms with Gasteiger partial charge in [-0.05, 0) is 0 Å². The molecule has 2 rings (SSSR count). The van der Waals surface area contributed by atoms with Crippen LogP contribution in [0.4, 0.5) is 17.5 Å². The summed E-state index contributed by atoms with van der Waals surface area (Å²) in [5, 5.41) is 18.0. The van der Waals surface area contributed by atoms with Crippen molar-refractivity contribution in [2.75, 3.05) is 49.2 Å². The average Bonchev–Trinajstić information content (AvgIpc) is 2.80. The number of aliphatic hydroxyl groups is 2. The van der Waals surface area contributed by atoms with Gasteiger partial charge >= 0.3 is 0 Å². The number of nitrogens with zero attached hydrogens (tertiary/aromatic N) is 4. The van der Waals surface area contributed by atoms with E-state index in [0.29, 0.717) is 18.2 Å². The van der Waals surface area contributed by atoms with E-state index in [9.17, 15) is 4.79 Å². The van der Waals surface area contributed by atoms with Crippen molar-refractivity contribution < 1.29 is 14.9 Å². The standard InChI is InChI=1S/C13H19N5O4/c1-3-4-18-12(21)10-11(15-13(18)14)17(7-16(10)2)8-22-9(5-19)6-20/h1,9,19-20H,4-8H2,2H3,(H2,14,15). The van der Waals surface area contributed by atoms with Gasteiger partial charge in [0.15, 0.2) is 5.82 Å². The summed E-state index contributed by atoms with van der Waals surface area (Å²) in [6, 6.07) is 0. The predicted octanol–water partition coefficient (Wildman–Crippen LogP) is -2.00. The van der Waals surface area contributed by atoms with Crippen LogP contribution in [0.15, 0.2) is 4.79 Å². The summed E-state index contributed by atoms with van der Waals surface area (Å²) >= 11 is 0. The Morgan fingerprint density at radius 1 is 1.50 bits per heavy atom. The first kappa shape index (κ1) is 16.1. The monoisotopic (exact) mass is 309 g/mol. The van der Waals surface area contributed by atoms with Crippen LogP contribution in [0.25, 0.3) is 0 Å². The first-order valence-corrected chi connectivity index (χ1v) is 6.66. The van der Waals surface area contributed by atoms with E-state index in [1.165, 1.54) is 4.57 Å². The van der Waals surface area contributed by atoms with E-state index >= 15 is 0 Å². The van der Waals surface area contributed by atoms with Gasteiger partial charge in [-0.15, -0.1) is 6.42 Å². The fourth-order valence-electron chi connectivity index (χ4n) is 2.20. The van der Waals surface area contributed by atoms with Crippen molar-refractivity contribution in [3.8, 4) is 12.3 Å². The molecule has 4 N–H and O–H groups in total. The Bertz CT molecular complexity index is 635. The number of aliphatic hydroxyl groups excluding tert-OH is 2. The highest BCUT2D eigenvalue weighted by atomic mass is 16.5. The third-order valence-electron chi connectivity index (χ3n) is 3.34. The van der Waals surface area contributed by atoms with Gasteiger partial charge in [-0.2, -0.15) is 4.98 Å². The van der Waals surface area contributed by atoms with Crippen LogP contribution in [0.5, 0.6) is 0 Å². The van der Waals surface area contributed by atoms with Gasteiger partial charge in [0, 0.05) is 7.05 Å².